The summed E-state index contributed by atoms with van der Waals surface area (Å²) in [4.78, 5) is 0. The summed E-state index contributed by atoms with van der Waals surface area (Å²) in [7, 11) is 0. The SMILES string of the molecule is CC(C)c1ccn(C2CCOC2)n1. The van der Waals surface area contributed by atoms with Crippen LogP contribution in [0.3, 0.4) is 0 Å². The molecule has 1 aromatic heterocycles. The molecule has 0 spiro atoms. The summed E-state index contributed by atoms with van der Waals surface area (Å²) in [5.74, 6) is 0.517. The lowest BCUT2D eigenvalue weighted by Gasteiger charge is -2.07. The molecule has 1 fully saturated rings. The van der Waals surface area contributed by atoms with Crippen LogP contribution in [-0.2, 0) is 4.74 Å². The van der Waals surface area contributed by atoms with E-state index in [1.54, 1.807) is 0 Å². The van der Waals surface area contributed by atoms with E-state index in [0.29, 0.717) is 12.0 Å². The molecule has 2 heterocycles. The highest BCUT2D eigenvalue weighted by atomic mass is 16.5. The zero-order valence-electron chi connectivity index (χ0n) is 8.23. The first kappa shape index (κ1) is 8.75. The van der Waals surface area contributed by atoms with Gasteiger partial charge < -0.3 is 4.74 Å². The molecule has 1 atom stereocenters. The van der Waals surface area contributed by atoms with Crippen molar-refractivity contribution in [2.24, 2.45) is 0 Å². The van der Waals surface area contributed by atoms with Gasteiger partial charge in [0.15, 0.2) is 0 Å². The molecule has 0 N–H and O–H groups in total. The second-order valence-electron chi connectivity index (χ2n) is 3.89. The molecule has 1 aromatic rings. The maximum absolute atomic E-state index is 5.32. The fourth-order valence-corrected chi connectivity index (χ4v) is 1.59. The van der Waals surface area contributed by atoms with Crippen molar-refractivity contribution < 1.29 is 4.74 Å². The number of nitrogens with zero attached hydrogens (tertiary/aromatic N) is 2. The van der Waals surface area contributed by atoms with Gasteiger partial charge in [0, 0.05) is 12.8 Å². The quantitative estimate of drug-likeness (QED) is 0.695. The average molecular weight is 180 g/mol. The number of ether oxygens (including phenoxy) is 1. The lowest BCUT2D eigenvalue weighted by molar-refractivity contribution is 0.184. The molecule has 2 rings (SSSR count). The van der Waals surface area contributed by atoms with E-state index in [1.807, 2.05) is 4.68 Å². The monoisotopic (exact) mass is 180 g/mol. The third-order valence-corrected chi connectivity index (χ3v) is 2.50. The van der Waals surface area contributed by atoms with Crippen LogP contribution in [0.5, 0.6) is 0 Å². The highest BCUT2D eigenvalue weighted by Crippen LogP contribution is 2.19. The first-order valence-corrected chi connectivity index (χ1v) is 4.90. The molecule has 0 bridgehead atoms. The Balaban J connectivity index is 2.12. The molecule has 0 amide bonds. The molecular formula is C10H16N2O. The Morgan fingerprint density at radius 2 is 2.46 bits per heavy atom. The molecule has 1 aliphatic rings. The third kappa shape index (κ3) is 1.75. The van der Waals surface area contributed by atoms with E-state index in [2.05, 4.69) is 31.2 Å². The first-order chi connectivity index (χ1) is 6.27. The van der Waals surface area contributed by atoms with Crippen LogP contribution < -0.4 is 0 Å². The lowest BCUT2D eigenvalue weighted by Crippen LogP contribution is -2.09. The van der Waals surface area contributed by atoms with Crippen LogP contribution in [-0.4, -0.2) is 23.0 Å². The van der Waals surface area contributed by atoms with Gasteiger partial charge in [-0.3, -0.25) is 4.68 Å². The first-order valence-electron chi connectivity index (χ1n) is 4.90. The Hall–Kier alpha value is -0.830. The predicted molar refractivity (Wildman–Crippen MR) is 50.8 cm³/mol. The van der Waals surface area contributed by atoms with E-state index >= 15 is 0 Å². The molecule has 1 aliphatic heterocycles. The summed E-state index contributed by atoms with van der Waals surface area (Å²) in [5, 5.41) is 4.53. The largest absolute Gasteiger partial charge is 0.379 e. The molecule has 0 saturated carbocycles. The van der Waals surface area contributed by atoms with Crippen molar-refractivity contribution in [2.45, 2.75) is 32.2 Å². The van der Waals surface area contributed by atoms with Crippen LogP contribution in [0.2, 0.25) is 0 Å². The second-order valence-corrected chi connectivity index (χ2v) is 3.89. The van der Waals surface area contributed by atoms with Gasteiger partial charge in [0.2, 0.25) is 0 Å². The Morgan fingerprint density at radius 3 is 3.00 bits per heavy atom. The van der Waals surface area contributed by atoms with Crippen molar-refractivity contribution in [3.05, 3.63) is 18.0 Å². The predicted octanol–water partition coefficient (Wildman–Crippen LogP) is 1.97. The van der Waals surface area contributed by atoms with Crippen LogP contribution in [0, 0.1) is 0 Å². The van der Waals surface area contributed by atoms with Gasteiger partial charge in [-0.05, 0) is 18.4 Å². The fourth-order valence-electron chi connectivity index (χ4n) is 1.59. The zero-order chi connectivity index (χ0) is 9.26. The Bertz CT molecular complexity index is 274. The zero-order valence-corrected chi connectivity index (χ0v) is 8.23. The van der Waals surface area contributed by atoms with Crippen LogP contribution in [0.25, 0.3) is 0 Å². The molecule has 3 nitrogen and oxygen atoms in total. The summed E-state index contributed by atoms with van der Waals surface area (Å²) >= 11 is 0. The van der Waals surface area contributed by atoms with Crippen LogP contribution in [0.4, 0.5) is 0 Å². The maximum atomic E-state index is 5.32. The molecule has 3 heteroatoms. The third-order valence-electron chi connectivity index (χ3n) is 2.50. The summed E-state index contributed by atoms with van der Waals surface area (Å²) < 4.78 is 7.36. The minimum absolute atomic E-state index is 0.465. The second kappa shape index (κ2) is 3.50. The molecule has 0 radical (unpaired) electrons. The molecule has 0 aliphatic carbocycles. The van der Waals surface area contributed by atoms with Gasteiger partial charge in [0.1, 0.15) is 0 Å². The normalized spacial score (nSPS) is 22.8. The molecule has 1 unspecified atom stereocenters. The number of hydrogen-bond acceptors (Lipinski definition) is 2. The highest BCUT2D eigenvalue weighted by molar-refractivity contribution is 5.04. The minimum atomic E-state index is 0.465. The van der Waals surface area contributed by atoms with E-state index in [0.717, 1.165) is 19.6 Å². The van der Waals surface area contributed by atoms with E-state index in [-0.39, 0.29) is 0 Å². The topological polar surface area (TPSA) is 27.1 Å². The van der Waals surface area contributed by atoms with E-state index in [4.69, 9.17) is 4.74 Å². The summed E-state index contributed by atoms with van der Waals surface area (Å²) in [6.45, 7) is 6.02. The van der Waals surface area contributed by atoms with Crippen LogP contribution in [0.1, 0.15) is 37.9 Å². The van der Waals surface area contributed by atoms with Gasteiger partial charge in [-0.25, -0.2) is 0 Å². The summed E-state index contributed by atoms with van der Waals surface area (Å²) in [6.07, 6.45) is 3.16. The summed E-state index contributed by atoms with van der Waals surface area (Å²) in [6, 6.07) is 2.57. The Kier molecular flexibility index (Phi) is 2.36. The van der Waals surface area contributed by atoms with E-state index < -0.39 is 0 Å². The molecular weight excluding hydrogens is 164 g/mol. The van der Waals surface area contributed by atoms with Crippen LogP contribution >= 0.6 is 0 Å². The van der Waals surface area contributed by atoms with Crippen molar-refractivity contribution in [1.82, 2.24) is 9.78 Å². The Morgan fingerprint density at radius 1 is 1.62 bits per heavy atom. The van der Waals surface area contributed by atoms with E-state index in [1.165, 1.54) is 5.69 Å². The highest BCUT2D eigenvalue weighted by Gasteiger charge is 2.18. The van der Waals surface area contributed by atoms with Gasteiger partial charge in [-0.15, -0.1) is 0 Å². The number of rotatable bonds is 2. The molecule has 1 saturated heterocycles. The van der Waals surface area contributed by atoms with Crippen molar-refractivity contribution in [3.8, 4) is 0 Å². The molecule has 72 valence electrons. The van der Waals surface area contributed by atoms with Crippen LogP contribution in [0.15, 0.2) is 12.3 Å². The smallest absolute Gasteiger partial charge is 0.0774 e. The maximum Gasteiger partial charge on any atom is 0.0774 e. The summed E-state index contributed by atoms with van der Waals surface area (Å²) in [5.41, 5.74) is 1.17. The average Bonchev–Trinajstić information content (AvgIpc) is 2.75. The lowest BCUT2D eigenvalue weighted by atomic mass is 10.1. The minimum Gasteiger partial charge on any atom is -0.379 e. The van der Waals surface area contributed by atoms with Gasteiger partial charge >= 0.3 is 0 Å². The van der Waals surface area contributed by atoms with Gasteiger partial charge in [0.25, 0.3) is 0 Å². The molecule has 13 heavy (non-hydrogen) atoms. The fraction of sp³-hybridized carbons (Fsp3) is 0.700. The molecule has 0 aromatic carbocycles. The van der Waals surface area contributed by atoms with Gasteiger partial charge in [-0.2, -0.15) is 5.10 Å². The van der Waals surface area contributed by atoms with Crippen molar-refractivity contribution in [1.29, 1.82) is 0 Å². The number of hydrogen-bond donors (Lipinski definition) is 0. The van der Waals surface area contributed by atoms with Crippen molar-refractivity contribution in [2.75, 3.05) is 13.2 Å². The standard InChI is InChI=1S/C10H16N2O/c1-8(2)10-3-5-12(11-10)9-4-6-13-7-9/h3,5,8-9H,4,6-7H2,1-2H3. The Labute approximate surface area is 78.7 Å². The van der Waals surface area contributed by atoms with Gasteiger partial charge in [-0.1, -0.05) is 13.8 Å². The van der Waals surface area contributed by atoms with Gasteiger partial charge in [0.05, 0.1) is 18.3 Å². The van der Waals surface area contributed by atoms with Crippen molar-refractivity contribution in [3.63, 3.8) is 0 Å². The van der Waals surface area contributed by atoms with E-state index in [9.17, 15) is 0 Å². The van der Waals surface area contributed by atoms with Crippen molar-refractivity contribution >= 4 is 0 Å². The number of aromatic nitrogens is 2.